The SMILES string of the molecule is Cc1cc(C)cc(P(c2cc(C)cc(C)c2)c2ccc3ccccc3c2-c2c(P(c3cc(C)cc(C)c3)c3cc(C)cc(C)c3)ccc3ccccc23)c1.[Cl][Au].[Cl][Au]. The molecule has 6 heteroatoms. The van der Waals surface area contributed by atoms with Crippen LogP contribution in [0.5, 0.6) is 0 Å². The van der Waals surface area contributed by atoms with Crippen LogP contribution in [-0.2, 0) is 40.0 Å². The molecule has 0 fully saturated rings. The van der Waals surface area contributed by atoms with Crippen molar-refractivity contribution in [2.45, 2.75) is 55.4 Å². The number of rotatable bonds is 7. The van der Waals surface area contributed by atoms with Gasteiger partial charge in [-0.05, 0) is 136 Å². The molecular formula is C52H48Au2Cl2P2. The molecule has 8 aromatic rings. The molecule has 0 atom stereocenters. The van der Waals surface area contributed by atoms with Gasteiger partial charge in [0.2, 0.25) is 0 Å². The summed E-state index contributed by atoms with van der Waals surface area (Å²) in [6.07, 6.45) is 0. The summed E-state index contributed by atoms with van der Waals surface area (Å²) in [4.78, 5) is 0. The molecule has 0 aliphatic carbocycles. The van der Waals surface area contributed by atoms with Gasteiger partial charge in [0, 0.05) is 0 Å². The molecule has 8 rings (SSSR count). The van der Waals surface area contributed by atoms with Crippen molar-refractivity contribution in [2.75, 3.05) is 0 Å². The fourth-order valence-electron chi connectivity index (χ4n) is 8.59. The van der Waals surface area contributed by atoms with E-state index in [4.69, 9.17) is 0 Å². The van der Waals surface area contributed by atoms with E-state index in [1.807, 2.05) is 0 Å². The predicted molar refractivity (Wildman–Crippen MR) is 254 cm³/mol. The van der Waals surface area contributed by atoms with Gasteiger partial charge >= 0.3 is 58.4 Å². The predicted octanol–water partition coefficient (Wildman–Crippen LogP) is 13.0. The molecule has 0 saturated heterocycles. The first-order chi connectivity index (χ1) is 28.0. The zero-order valence-corrected chi connectivity index (χ0v) is 41.7. The van der Waals surface area contributed by atoms with Gasteiger partial charge in [-0.25, -0.2) is 0 Å². The standard InChI is InChI=1S/C52H48P2.2Au.2ClH/c1-33-21-34(2)26-43(25-33)53(44-27-35(3)22-36(4)28-44)49-19-17-41-13-9-11-15-47(41)51(49)52-48-16-12-10-14-42(48)18-20-50(52)54(45-29-37(5)23-38(6)30-45)46-31-39(7)24-40(8)32-46;;;;/h9-32H,1-8H3;;;2*1H/q;2*+1;;/p-2. The maximum absolute atomic E-state index is 4.58. The number of hydrogen-bond donors (Lipinski definition) is 0. The zero-order chi connectivity index (χ0) is 41.7. The second-order valence-corrected chi connectivity index (χ2v) is 19.8. The second-order valence-electron chi connectivity index (χ2n) is 15.4. The van der Waals surface area contributed by atoms with Crippen molar-refractivity contribution in [3.63, 3.8) is 0 Å². The summed E-state index contributed by atoms with van der Waals surface area (Å²) < 4.78 is 0. The van der Waals surface area contributed by atoms with E-state index in [0.717, 1.165) is 0 Å². The van der Waals surface area contributed by atoms with E-state index in [-0.39, 0.29) is 0 Å². The van der Waals surface area contributed by atoms with Crippen molar-refractivity contribution in [2.24, 2.45) is 0 Å². The summed E-state index contributed by atoms with van der Waals surface area (Å²) >= 11 is 3.50. The van der Waals surface area contributed by atoms with Gasteiger partial charge in [0.25, 0.3) is 0 Å². The monoisotopic (exact) mass is 1200 g/mol. The van der Waals surface area contributed by atoms with Crippen molar-refractivity contribution in [1.29, 1.82) is 0 Å². The molecule has 0 nitrogen and oxygen atoms in total. The van der Waals surface area contributed by atoms with E-state index in [1.165, 1.54) is 109 Å². The van der Waals surface area contributed by atoms with E-state index >= 15 is 0 Å². The molecule has 0 aromatic heterocycles. The van der Waals surface area contributed by atoms with Crippen LogP contribution in [0.15, 0.2) is 146 Å². The molecule has 0 saturated carbocycles. The van der Waals surface area contributed by atoms with Gasteiger partial charge < -0.3 is 0 Å². The Morgan fingerprint density at radius 2 is 0.552 bits per heavy atom. The van der Waals surface area contributed by atoms with Crippen LogP contribution in [0.2, 0.25) is 0 Å². The normalized spacial score (nSPS) is 11.1. The molecule has 0 spiro atoms. The minimum absolute atomic E-state index is 0.937. The van der Waals surface area contributed by atoms with E-state index in [1.54, 1.807) is 40.0 Å². The molecule has 0 radical (unpaired) electrons. The fourth-order valence-corrected chi connectivity index (χ4v) is 14.3. The summed E-state index contributed by atoms with van der Waals surface area (Å²) in [6.45, 7) is 18.0. The van der Waals surface area contributed by atoms with Gasteiger partial charge in [-0.1, -0.05) is 190 Å². The summed E-state index contributed by atoms with van der Waals surface area (Å²) in [7, 11) is 7.29. The van der Waals surface area contributed by atoms with E-state index in [0.29, 0.717) is 0 Å². The minimum atomic E-state index is -0.937. The van der Waals surface area contributed by atoms with Gasteiger partial charge in [-0.2, -0.15) is 0 Å². The van der Waals surface area contributed by atoms with Gasteiger partial charge in [-0.3, -0.25) is 0 Å². The topological polar surface area (TPSA) is 0 Å². The van der Waals surface area contributed by atoms with E-state index < -0.39 is 15.8 Å². The molecule has 0 bridgehead atoms. The molecule has 8 aromatic carbocycles. The molecule has 302 valence electrons. The van der Waals surface area contributed by atoms with Crippen LogP contribution in [0.4, 0.5) is 0 Å². The third kappa shape index (κ3) is 9.87. The van der Waals surface area contributed by atoms with Crippen LogP contribution in [0, 0.1) is 55.4 Å². The average Bonchev–Trinajstić information content (AvgIpc) is 3.18. The van der Waals surface area contributed by atoms with Gasteiger partial charge in [0.05, 0.1) is 0 Å². The van der Waals surface area contributed by atoms with Crippen LogP contribution >= 0.6 is 34.2 Å². The number of benzene rings is 8. The third-order valence-electron chi connectivity index (χ3n) is 10.4. The Balaban J connectivity index is 0.00000138. The third-order valence-corrected chi connectivity index (χ3v) is 15.2. The van der Waals surface area contributed by atoms with Crippen LogP contribution in [0.3, 0.4) is 0 Å². The average molecular weight is 1200 g/mol. The Bertz CT molecular complexity index is 2370. The van der Waals surface area contributed by atoms with Crippen molar-refractivity contribution >= 4 is 87.6 Å². The fraction of sp³-hybridized carbons (Fsp3) is 0.154. The Morgan fingerprint density at radius 1 is 0.310 bits per heavy atom. The molecule has 0 N–H and O–H groups in total. The molecule has 0 unspecified atom stereocenters. The number of hydrogen-bond acceptors (Lipinski definition) is 0. The zero-order valence-electron chi connectivity index (χ0n) is 34.1. The Labute approximate surface area is 380 Å². The summed E-state index contributed by atoms with van der Waals surface area (Å²) in [5.41, 5.74) is 13.2. The van der Waals surface area contributed by atoms with Gasteiger partial charge in [-0.15, -0.1) is 0 Å². The van der Waals surface area contributed by atoms with E-state index in [2.05, 4.69) is 219 Å². The van der Waals surface area contributed by atoms with Gasteiger partial charge in [0.1, 0.15) is 0 Å². The molecule has 0 aliphatic rings. The summed E-state index contributed by atoms with van der Waals surface area (Å²) in [6, 6.07) is 56.6. The Kier molecular flexibility index (Phi) is 15.6. The van der Waals surface area contributed by atoms with E-state index in [9.17, 15) is 0 Å². The molecule has 0 heterocycles. The van der Waals surface area contributed by atoms with Gasteiger partial charge in [0.15, 0.2) is 0 Å². The van der Waals surface area contributed by atoms with Crippen molar-refractivity contribution in [3.8, 4) is 11.1 Å². The van der Waals surface area contributed by atoms with Crippen molar-refractivity contribution < 1.29 is 40.0 Å². The molecular weight excluding hydrogens is 1150 g/mol. The van der Waals surface area contributed by atoms with Crippen molar-refractivity contribution in [1.82, 2.24) is 0 Å². The Morgan fingerprint density at radius 3 is 0.810 bits per heavy atom. The number of aryl methyl sites for hydroxylation is 8. The quantitative estimate of drug-likeness (QED) is 0.110. The Hall–Kier alpha value is -2.80. The summed E-state index contributed by atoms with van der Waals surface area (Å²) in [5, 5.41) is 13.6. The number of halogens is 2. The first-order valence-corrected chi connectivity index (χ1v) is 27.3. The first-order valence-electron chi connectivity index (χ1n) is 19.2. The van der Waals surface area contributed by atoms with Crippen LogP contribution in [0.25, 0.3) is 32.7 Å². The maximum atomic E-state index is 4.58. The second kappa shape index (κ2) is 20.2. The van der Waals surface area contributed by atoms with Crippen molar-refractivity contribution in [3.05, 3.63) is 190 Å². The summed E-state index contributed by atoms with van der Waals surface area (Å²) in [5.74, 6) is 0. The van der Waals surface area contributed by atoms with Crippen LogP contribution < -0.4 is 31.8 Å². The molecule has 58 heavy (non-hydrogen) atoms. The molecule has 0 amide bonds. The van der Waals surface area contributed by atoms with Crippen LogP contribution in [0.1, 0.15) is 44.5 Å². The van der Waals surface area contributed by atoms with Crippen LogP contribution in [-0.4, -0.2) is 0 Å². The number of fused-ring (bicyclic) bond motifs is 2. The first kappa shape index (κ1) is 44.7. The molecule has 0 aliphatic heterocycles.